The average molecular weight is 795 g/mol. The number of benzene rings is 2. The molecule has 0 spiro atoms. The first-order chi connectivity index (χ1) is 22.1. The maximum atomic E-state index is 15.1. The summed E-state index contributed by atoms with van der Waals surface area (Å²) in [6.07, 6.45) is 4.62. The van der Waals surface area contributed by atoms with E-state index in [9.17, 15) is 31.6 Å². The molecule has 2 fully saturated rings. The van der Waals surface area contributed by atoms with Crippen molar-refractivity contribution in [3.63, 3.8) is 0 Å². The molecule has 47 heavy (non-hydrogen) atoms. The minimum Gasteiger partial charge on any atom is -0.496 e. The largest absolute Gasteiger partial charge is 0.496 e. The highest BCUT2D eigenvalue weighted by atomic mass is 127. The van der Waals surface area contributed by atoms with Crippen LogP contribution in [0.15, 0.2) is 41.3 Å². The van der Waals surface area contributed by atoms with Crippen molar-refractivity contribution in [2.45, 2.75) is 85.0 Å². The number of nitrogens with one attached hydrogen (secondary N) is 2. The van der Waals surface area contributed by atoms with E-state index in [1.54, 1.807) is 0 Å². The van der Waals surface area contributed by atoms with Crippen LogP contribution in [-0.2, 0) is 24.2 Å². The van der Waals surface area contributed by atoms with E-state index in [2.05, 4.69) is 10.6 Å². The average Bonchev–Trinajstić information content (AvgIpc) is 3.27. The van der Waals surface area contributed by atoms with Crippen molar-refractivity contribution in [1.29, 1.82) is 0 Å². The highest BCUT2D eigenvalue weighted by Gasteiger charge is 2.43. The quantitative estimate of drug-likeness (QED) is 0.122. The van der Waals surface area contributed by atoms with Crippen molar-refractivity contribution in [3.8, 4) is 11.5 Å². The van der Waals surface area contributed by atoms with Crippen LogP contribution in [0.4, 0.5) is 18.9 Å². The third kappa shape index (κ3) is 8.51. The minimum absolute atomic E-state index is 0.000137. The molecule has 0 aliphatic heterocycles. The number of hydrogen-bond donors (Lipinski definition) is 2. The molecule has 2 aliphatic carbocycles. The zero-order chi connectivity index (χ0) is 34.6. The number of rotatable bonds is 10. The molecule has 0 aromatic heterocycles. The molecule has 0 radical (unpaired) electrons. The number of amides is 2. The van der Waals surface area contributed by atoms with Crippen LogP contribution >= 0.6 is 22.6 Å². The number of halogens is 4. The lowest BCUT2D eigenvalue weighted by Gasteiger charge is -2.35. The summed E-state index contributed by atoms with van der Waals surface area (Å²) in [5, 5.41) is 5.52. The molecular weight excluding hydrogens is 756 g/mol. The van der Waals surface area contributed by atoms with Gasteiger partial charge in [0.05, 0.1) is 42.1 Å². The predicted molar refractivity (Wildman–Crippen MR) is 175 cm³/mol. The zero-order valence-corrected chi connectivity index (χ0v) is 29.2. The highest BCUT2D eigenvalue weighted by Crippen LogP contribution is 2.40. The van der Waals surface area contributed by atoms with Gasteiger partial charge in [0.25, 0.3) is 15.7 Å². The van der Waals surface area contributed by atoms with Crippen molar-refractivity contribution in [2.24, 2.45) is 11.3 Å². The summed E-state index contributed by atoms with van der Waals surface area (Å²) in [5.74, 6) is -3.08. The number of alkyl halides is 3. The Kier molecular flexibility index (Phi) is 11.7. The number of methoxy groups -OCH3 is 2. The fraction of sp³-hybridized carbons (Fsp3) is 0.531. The van der Waals surface area contributed by atoms with Crippen LogP contribution in [0.2, 0.25) is 0 Å². The van der Waals surface area contributed by atoms with Gasteiger partial charge in [0.1, 0.15) is 5.75 Å². The van der Waals surface area contributed by atoms with E-state index in [4.69, 9.17) is 14.2 Å². The van der Waals surface area contributed by atoms with Gasteiger partial charge >= 0.3 is 9.23 Å². The second kappa shape index (κ2) is 15.0. The van der Waals surface area contributed by atoms with Crippen LogP contribution in [0.25, 0.3) is 0 Å². The maximum Gasteiger partial charge on any atom is 0.398 e. The monoisotopic (exact) mass is 794 g/mol. The fourth-order valence-corrected chi connectivity index (χ4v) is 7.67. The normalized spacial score (nSPS) is 23.6. The maximum absolute atomic E-state index is 15.1. The van der Waals surface area contributed by atoms with E-state index in [0.29, 0.717) is 74.0 Å². The molecule has 2 saturated carbocycles. The molecule has 2 aliphatic rings. The third-order valence-electron chi connectivity index (χ3n) is 8.89. The van der Waals surface area contributed by atoms with Gasteiger partial charge in [0.15, 0.2) is 11.6 Å². The van der Waals surface area contributed by atoms with Gasteiger partial charge in [-0.1, -0.05) is 25.3 Å². The summed E-state index contributed by atoms with van der Waals surface area (Å²) in [7, 11) is -2.34. The van der Waals surface area contributed by atoms with Crippen LogP contribution in [0.3, 0.4) is 0 Å². The SMILES string of the molecule is COC(=O)C1(C)CCC(Oc2cc(C(=O)N[C@H]3CCCCC[C@H]3C(=O)Nc3cccc(S(=O)(=O)C(F)(F)I)c3)c(OC)cc2F)CC1. The van der Waals surface area contributed by atoms with E-state index in [1.807, 2.05) is 6.92 Å². The zero-order valence-electron chi connectivity index (χ0n) is 26.2. The Bertz CT molecular complexity index is 1590. The molecule has 2 amide bonds. The van der Waals surface area contributed by atoms with Crippen LogP contribution < -0.4 is 20.1 Å². The second-order valence-corrected chi connectivity index (χ2v) is 16.2. The van der Waals surface area contributed by atoms with Gasteiger partial charge in [0, 0.05) is 40.4 Å². The van der Waals surface area contributed by atoms with Gasteiger partial charge in [-0.25, -0.2) is 12.8 Å². The first-order valence-corrected chi connectivity index (χ1v) is 17.8. The van der Waals surface area contributed by atoms with Crippen molar-refractivity contribution < 1.29 is 50.2 Å². The van der Waals surface area contributed by atoms with Crippen LogP contribution in [0.5, 0.6) is 11.5 Å². The Balaban J connectivity index is 1.50. The standard InChI is InChI=1S/C32H38F3IN2O8S/c1-31(30(41)45-3)14-12-20(13-15-31)46-27-17-23(26(44-2)18-24(27)33)29(40)38-25-11-6-4-5-10-22(25)28(39)37-19-8-7-9-21(16-19)47(42,43)32(34,35)36/h7-9,16-18,20,22,25H,4-6,10-15H2,1-3H3,(H,37,39)(H,38,40)/t20?,22-,25+,31?/m1/s1. The predicted octanol–water partition coefficient (Wildman–Crippen LogP) is 6.41. The minimum atomic E-state index is -4.98. The molecule has 2 atom stereocenters. The fourth-order valence-electron chi connectivity index (χ4n) is 6.10. The van der Waals surface area contributed by atoms with Gasteiger partial charge in [-0.2, -0.15) is 8.78 Å². The number of sulfone groups is 1. The summed E-state index contributed by atoms with van der Waals surface area (Å²) >= 11 is 0.543. The van der Waals surface area contributed by atoms with Crippen LogP contribution in [-0.4, -0.2) is 55.8 Å². The van der Waals surface area contributed by atoms with Crippen LogP contribution in [0.1, 0.15) is 75.1 Å². The van der Waals surface area contributed by atoms with Gasteiger partial charge in [-0.3, -0.25) is 14.4 Å². The lowest BCUT2D eigenvalue weighted by Crippen LogP contribution is -2.44. The Morgan fingerprint density at radius 3 is 2.30 bits per heavy atom. The smallest absolute Gasteiger partial charge is 0.398 e. The number of hydrogen-bond acceptors (Lipinski definition) is 8. The molecule has 0 bridgehead atoms. The first kappa shape index (κ1) is 36.8. The molecule has 2 N–H and O–H groups in total. The molecule has 4 rings (SSSR count). The van der Waals surface area contributed by atoms with E-state index >= 15 is 4.39 Å². The van der Waals surface area contributed by atoms with Gasteiger partial charge in [-0.15, -0.1) is 0 Å². The lowest BCUT2D eigenvalue weighted by molar-refractivity contribution is -0.154. The van der Waals surface area contributed by atoms with Crippen molar-refractivity contribution in [1.82, 2.24) is 5.32 Å². The summed E-state index contributed by atoms with van der Waals surface area (Å²) in [6, 6.07) is 6.30. The number of carbonyl (C=O) groups excluding carboxylic acids is 3. The Hall–Kier alpha value is -3.08. The van der Waals surface area contributed by atoms with Gasteiger partial charge in [0.2, 0.25) is 5.91 Å². The molecule has 2 aromatic rings. The summed E-state index contributed by atoms with van der Waals surface area (Å²) in [4.78, 5) is 38.6. The van der Waals surface area contributed by atoms with Crippen LogP contribution in [0, 0.1) is 17.2 Å². The summed E-state index contributed by atoms with van der Waals surface area (Å²) in [6.45, 7) is 1.82. The number of esters is 1. The van der Waals surface area contributed by atoms with E-state index in [-0.39, 0.29) is 28.7 Å². The number of ether oxygens (including phenoxy) is 3. The van der Waals surface area contributed by atoms with E-state index < -0.39 is 59.1 Å². The Morgan fingerprint density at radius 2 is 1.66 bits per heavy atom. The Labute approximate surface area is 285 Å². The second-order valence-electron chi connectivity index (χ2n) is 12.1. The number of carbonyl (C=O) groups is 3. The lowest BCUT2D eigenvalue weighted by atomic mass is 9.75. The third-order valence-corrected chi connectivity index (χ3v) is 12.1. The highest BCUT2D eigenvalue weighted by molar-refractivity contribution is 14.1. The molecule has 0 heterocycles. The molecule has 0 saturated heterocycles. The Morgan fingerprint density at radius 1 is 0.979 bits per heavy atom. The summed E-state index contributed by atoms with van der Waals surface area (Å²) in [5.41, 5.74) is -0.632. The van der Waals surface area contributed by atoms with Crippen molar-refractivity contribution >= 4 is 55.9 Å². The van der Waals surface area contributed by atoms with Gasteiger partial charge < -0.3 is 24.8 Å². The molecule has 0 unspecified atom stereocenters. The summed E-state index contributed by atoms with van der Waals surface area (Å²) < 4.78 is 79.2. The van der Waals surface area contributed by atoms with Crippen molar-refractivity contribution in [3.05, 3.63) is 47.8 Å². The first-order valence-electron chi connectivity index (χ1n) is 15.3. The molecule has 2 aromatic carbocycles. The van der Waals surface area contributed by atoms with E-state index in [0.717, 1.165) is 24.6 Å². The number of anilines is 1. The van der Waals surface area contributed by atoms with E-state index in [1.165, 1.54) is 32.4 Å². The molecule has 258 valence electrons. The molecule has 10 nitrogen and oxygen atoms in total. The van der Waals surface area contributed by atoms with Crippen molar-refractivity contribution in [2.75, 3.05) is 19.5 Å². The molecule has 15 heteroatoms. The van der Waals surface area contributed by atoms with Gasteiger partial charge in [-0.05, 0) is 69.7 Å². The molecular formula is C32H38F3IN2O8S. The topological polar surface area (TPSA) is 137 Å².